The molecule has 0 spiro atoms. The van der Waals surface area contributed by atoms with Crippen molar-refractivity contribution >= 4 is 11.7 Å². The van der Waals surface area contributed by atoms with Crippen LogP contribution in [0.5, 0.6) is 0 Å². The van der Waals surface area contributed by atoms with Gasteiger partial charge in [-0.25, -0.2) is 0 Å². The van der Waals surface area contributed by atoms with Gasteiger partial charge < -0.3 is 10.6 Å². The third-order valence-corrected chi connectivity index (χ3v) is 2.29. The number of nitrogens with two attached hydrogens (primary N) is 1. The molecule has 13 heavy (non-hydrogen) atoms. The average Bonchev–Trinajstić information content (AvgIpc) is 2.95. The van der Waals surface area contributed by atoms with E-state index in [0.717, 1.165) is 19.4 Å². The number of hydrogen-bond acceptors (Lipinski definition) is 2. The summed E-state index contributed by atoms with van der Waals surface area (Å²) in [7, 11) is 1.77. The maximum absolute atomic E-state index is 11.3. The molecule has 4 nitrogen and oxygen atoms in total. The first-order chi connectivity index (χ1) is 6.15. The highest BCUT2D eigenvalue weighted by atomic mass is 16.2. The quantitative estimate of drug-likeness (QED) is 0.501. The van der Waals surface area contributed by atoms with E-state index < -0.39 is 0 Å². The molecule has 2 N–H and O–H groups in total. The fraction of sp³-hybridized carbons (Fsp3) is 0.778. The zero-order valence-corrected chi connectivity index (χ0v) is 8.29. The van der Waals surface area contributed by atoms with Gasteiger partial charge in [-0.3, -0.25) is 9.79 Å². The average molecular weight is 183 g/mol. The fourth-order valence-corrected chi connectivity index (χ4v) is 0.964. The van der Waals surface area contributed by atoms with Crippen LogP contribution in [0.1, 0.15) is 19.8 Å². The first kappa shape index (κ1) is 10.0. The minimum Gasteiger partial charge on any atom is -0.387 e. The van der Waals surface area contributed by atoms with Gasteiger partial charge in [0.2, 0.25) is 5.91 Å². The number of nitrogens with zero attached hydrogens (tertiary/aromatic N) is 2. The summed E-state index contributed by atoms with van der Waals surface area (Å²) in [5.41, 5.74) is 5.65. The third kappa shape index (κ3) is 3.05. The van der Waals surface area contributed by atoms with Gasteiger partial charge in [-0.1, -0.05) is 0 Å². The van der Waals surface area contributed by atoms with Crippen molar-refractivity contribution in [3.63, 3.8) is 0 Å². The lowest BCUT2D eigenvalue weighted by molar-refractivity contribution is -0.128. The Morgan fingerprint density at radius 2 is 2.23 bits per heavy atom. The van der Waals surface area contributed by atoms with Crippen molar-refractivity contribution in [1.29, 1.82) is 0 Å². The van der Waals surface area contributed by atoms with E-state index in [1.807, 2.05) is 6.92 Å². The molecule has 0 unspecified atom stereocenters. The molecule has 0 aromatic rings. The smallest absolute Gasteiger partial charge is 0.244 e. The van der Waals surface area contributed by atoms with E-state index in [2.05, 4.69) is 4.99 Å². The molecule has 1 saturated carbocycles. The minimum atomic E-state index is 0.0334. The third-order valence-electron chi connectivity index (χ3n) is 2.29. The van der Waals surface area contributed by atoms with Crippen LogP contribution >= 0.6 is 0 Å². The number of rotatable bonds is 4. The van der Waals surface area contributed by atoms with Gasteiger partial charge in [-0.15, -0.1) is 0 Å². The highest BCUT2D eigenvalue weighted by Crippen LogP contribution is 2.28. The van der Waals surface area contributed by atoms with Gasteiger partial charge in [0.1, 0.15) is 6.54 Å². The molecule has 0 saturated heterocycles. The highest BCUT2D eigenvalue weighted by Gasteiger charge is 2.25. The SMILES string of the molecule is CCN(C)C(=O)CN=C(N)C1CC1. The summed E-state index contributed by atoms with van der Waals surface area (Å²) in [5, 5.41) is 0. The van der Waals surface area contributed by atoms with Crippen molar-refractivity contribution in [3.8, 4) is 0 Å². The van der Waals surface area contributed by atoms with Gasteiger partial charge in [0, 0.05) is 19.5 Å². The second kappa shape index (κ2) is 4.25. The number of likely N-dealkylation sites (N-methyl/N-ethyl adjacent to an activating group) is 1. The molecule has 0 radical (unpaired) electrons. The van der Waals surface area contributed by atoms with Gasteiger partial charge in [0.25, 0.3) is 0 Å². The summed E-state index contributed by atoms with van der Waals surface area (Å²) in [6.45, 7) is 2.86. The van der Waals surface area contributed by atoms with E-state index in [-0.39, 0.29) is 12.5 Å². The molecule has 0 aromatic heterocycles. The molecular formula is C9H17N3O. The fourth-order valence-electron chi connectivity index (χ4n) is 0.964. The zero-order valence-electron chi connectivity index (χ0n) is 8.29. The van der Waals surface area contributed by atoms with Gasteiger partial charge in [0.05, 0.1) is 5.84 Å². The Labute approximate surface area is 78.8 Å². The summed E-state index contributed by atoms with van der Waals surface area (Å²) in [6.07, 6.45) is 2.26. The molecule has 1 aliphatic rings. The van der Waals surface area contributed by atoms with Crippen molar-refractivity contribution in [2.24, 2.45) is 16.6 Å². The molecule has 0 aliphatic heterocycles. The molecule has 0 heterocycles. The Balaban J connectivity index is 2.31. The summed E-state index contributed by atoms with van der Waals surface area (Å²) in [5.74, 6) is 1.14. The van der Waals surface area contributed by atoms with E-state index in [1.165, 1.54) is 0 Å². The number of amidine groups is 1. The van der Waals surface area contributed by atoms with Crippen molar-refractivity contribution in [2.75, 3.05) is 20.1 Å². The molecule has 0 bridgehead atoms. The Bertz CT molecular complexity index is 221. The minimum absolute atomic E-state index is 0.0334. The van der Waals surface area contributed by atoms with Gasteiger partial charge in [-0.05, 0) is 19.8 Å². The van der Waals surface area contributed by atoms with Crippen LogP contribution in [0.25, 0.3) is 0 Å². The maximum Gasteiger partial charge on any atom is 0.244 e. The Hall–Kier alpha value is -1.06. The number of carbonyl (C=O) groups is 1. The van der Waals surface area contributed by atoms with Crippen molar-refractivity contribution < 1.29 is 4.79 Å². The molecule has 1 fully saturated rings. The number of hydrogen-bond donors (Lipinski definition) is 1. The lowest BCUT2D eigenvalue weighted by Crippen LogP contribution is -2.29. The Morgan fingerprint density at radius 3 is 2.69 bits per heavy atom. The van der Waals surface area contributed by atoms with Gasteiger partial charge >= 0.3 is 0 Å². The molecule has 0 atom stereocenters. The molecule has 1 rings (SSSR count). The monoisotopic (exact) mass is 183 g/mol. The first-order valence-corrected chi connectivity index (χ1v) is 4.69. The molecule has 0 aromatic carbocycles. The van der Waals surface area contributed by atoms with Crippen LogP contribution in [0, 0.1) is 5.92 Å². The molecular weight excluding hydrogens is 166 g/mol. The second-order valence-corrected chi connectivity index (χ2v) is 3.42. The summed E-state index contributed by atoms with van der Waals surface area (Å²) in [6, 6.07) is 0. The van der Waals surface area contributed by atoms with Gasteiger partial charge in [-0.2, -0.15) is 0 Å². The number of carbonyl (C=O) groups excluding carboxylic acids is 1. The molecule has 74 valence electrons. The zero-order chi connectivity index (χ0) is 9.84. The van der Waals surface area contributed by atoms with Crippen LogP contribution in [0.2, 0.25) is 0 Å². The summed E-state index contributed by atoms with van der Waals surface area (Å²) in [4.78, 5) is 17.0. The van der Waals surface area contributed by atoms with Crippen molar-refractivity contribution in [1.82, 2.24) is 4.90 Å². The van der Waals surface area contributed by atoms with Crippen LogP contribution < -0.4 is 5.73 Å². The lowest BCUT2D eigenvalue weighted by atomic mass is 10.4. The van der Waals surface area contributed by atoms with Crippen molar-refractivity contribution in [3.05, 3.63) is 0 Å². The Kier molecular flexibility index (Phi) is 3.28. The number of amides is 1. The molecule has 1 amide bonds. The molecule has 4 heteroatoms. The van der Waals surface area contributed by atoms with E-state index in [9.17, 15) is 4.79 Å². The van der Waals surface area contributed by atoms with E-state index in [0.29, 0.717) is 11.8 Å². The van der Waals surface area contributed by atoms with Gasteiger partial charge in [0.15, 0.2) is 0 Å². The topological polar surface area (TPSA) is 58.7 Å². The van der Waals surface area contributed by atoms with Crippen LogP contribution in [0.15, 0.2) is 4.99 Å². The summed E-state index contributed by atoms with van der Waals surface area (Å²) < 4.78 is 0. The Morgan fingerprint density at radius 1 is 1.62 bits per heavy atom. The predicted molar refractivity (Wildman–Crippen MR) is 52.5 cm³/mol. The highest BCUT2D eigenvalue weighted by molar-refractivity contribution is 5.88. The van der Waals surface area contributed by atoms with E-state index in [1.54, 1.807) is 11.9 Å². The largest absolute Gasteiger partial charge is 0.387 e. The van der Waals surface area contributed by atoms with E-state index >= 15 is 0 Å². The molecule has 1 aliphatic carbocycles. The standard InChI is InChI=1S/C9H17N3O/c1-3-12(2)8(13)6-11-9(10)7-4-5-7/h7H,3-6H2,1-2H3,(H2,10,11). The van der Waals surface area contributed by atoms with Crippen molar-refractivity contribution in [2.45, 2.75) is 19.8 Å². The lowest BCUT2D eigenvalue weighted by Gasteiger charge is -2.12. The van der Waals surface area contributed by atoms with Crippen LogP contribution in [-0.2, 0) is 4.79 Å². The van der Waals surface area contributed by atoms with Crippen LogP contribution in [-0.4, -0.2) is 36.8 Å². The second-order valence-electron chi connectivity index (χ2n) is 3.42. The predicted octanol–water partition coefficient (Wildman–Crippen LogP) is 0.232. The normalized spacial score (nSPS) is 17.2. The first-order valence-electron chi connectivity index (χ1n) is 4.69. The van der Waals surface area contributed by atoms with E-state index in [4.69, 9.17) is 5.73 Å². The summed E-state index contributed by atoms with van der Waals surface area (Å²) >= 11 is 0. The van der Waals surface area contributed by atoms with Crippen LogP contribution in [0.4, 0.5) is 0 Å². The number of aliphatic imine (C=N–C) groups is 1. The van der Waals surface area contributed by atoms with Crippen LogP contribution in [0.3, 0.4) is 0 Å². The maximum atomic E-state index is 11.3.